The molecule has 0 saturated carbocycles. The van der Waals surface area contributed by atoms with Gasteiger partial charge in [0.05, 0.1) is 0 Å². The maximum absolute atomic E-state index is 12.8. The van der Waals surface area contributed by atoms with Gasteiger partial charge in [-0.25, -0.2) is 4.39 Å². The minimum Gasteiger partial charge on any atom is -0.271 e. The maximum Gasteiger partial charge on any atom is 0.123 e. The van der Waals surface area contributed by atoms with Gasteiger partial charge in [-0.1, -0.05) is 38.8 Å². The average Bonchev–Trinajstić information content (AvgIpc) is 2.32. The van der Waals surface area contributed by atoms with Gasteiger partial charge in [-0.05, 0) is 30.0 Å². The molecule has 1 unspecified atom stereocenters. The number of rotatable bonds is 6. The number of nitrogens with one attached hydrogen (secondary N) is 1. The molecule has 0 aliphatic heterocycles. The molecule has 2 nitrogen and oxygen atoms in total. The molecule has 3 N–H and O–H groups in total. The molecular formula is C13H21FN2. The minimum atomic E-state index is -0.206. The predicted octanol–water partition coefficient (Wildman–Crippen LogP) is 3.16. The van der Waals surface area contributed by atoms with Gasteiger partial charge in [-0.15, -0.1) is 0 Å². The minimum absolute atomic E-state index is 0.116. The van der Waals surface area contributed by atoms with Crippen LogP contribution in [0.3, 0.4) is 0 Å². The van der Waals surface area contributed by atoms with Gasteiger partial charge in [-0.3, -0.25) is 11.3 Å². The lowest BCUT2D eigenvalue weighted by molar-refractivity contribution is 0.374. The predicted molar refractivity (Wildman–Crippen MR) is 65.2 cm³/mol. The van der Waals surface area contributed by atoms with Gasteiger partial charge >= 0.3 is 0 Å². The summed E-state index contributed by atoms with van der Waals surface area (Å²) in [6, 6.07) is 6.66. The first-order chi connectivity index (χ1) is 7.71. The summed E-state index contributed by atoms with van der Waals surface area (Å²) in [5.74, 6) is 6.01. The van der Waals surface area contributed by atoms with Gasteiger partial charge < -0.3 is 0 Å². The molecule has 1 atom stereocenters. The topological polar surface area (TPSA) is 38.0 Å². The molecule has 0 radical (unpaired) electrons. The van der Waals surface area contributed by atoms with Crippen LogP contribution in [0.2, 0.25) is 0 Å². The van der Waals surface area contributed by atoms with Crippen molar-refractivity contribution in [2.75, 3.05) is 0 Å². The summed E-state index contributed by atoms with van der Waals surface area (Å²) >= 11 is 0. The van der Waals surface area contributed by atoms with E-state index in [-0.39, 0.29) is 11.9 Å². The lowest BCUT2D eigenvalue weighted by Crippen LogP contribution is -2.29. The molecule has 1 aromatic rings. The fourth-order valence-electron chi connectivity index (χ4n) is 1.95. The van der Waals surface area contributed by atoms with E-state index in [1.165, 1.54) is 12.1 Å². The molecule has 0 bridgehead atoms. The second kappa shape index (κ2) is 6.61. The SMILES string of the molecule is CCC(CC)CC(NN)c1ccc(F)cc1. The number of nitrogens with two attached hydrogens (primary N) is 1. The molecule has 0 amide bonds. The van der Waals surface area contributed by atoms with Crippen LogP contribution >= 0.6 is 0 Å². The Morgan fingerprint density at radius 1 is 1.19 bits per heavy atom. The van der Waals surface area contributed by atoms with Gasteiger partial charge in [0.25, 0.3) is 0 Å². The van der Waals surface area contributed by atoms with Crippen LogP contribution in [0.1, 0.15) is 44.7 Å². The standard InChI is InChI=1S/C13H21FN2/c1-3-10(4-2)9-13(16-15)11-5-7-12(14)8-6-11/h5-8,10,13,16H,3-4,9,15H2,1-2H3. The number of hydrogen-bond donors (Lipinski definition) is 2. The van der Waals surface area contributed by atoms with E-state index in [4.69, 9.17) is 5.84 Å². The monoisotopic (exact) mass is 224 g/mol. The summed E-state index contributed by atoms with van der Waals surface area (Å²) < 4.78 is 12.8. The van der Waals surface area contributed by atoms with Gasteiger partial charge in [0.1, 0.15) is 5.82 Å². The Morgan fingerprint density at radius 3 is 2.19 bits per heavy atom. The van der Waals surface area contributed by atoms with Crippen LogP contribution in [0.4, 0.5) is 4.39 Å². The molecule has 0 heterocycles. The number of benzene rings is 1. The first kappa shape index (κ1) is 13.1. The van der Waals surface area contributed by atoms with Crippen molar-refractivity contribution in [2.45, 2.75) is 39.2 Å². The first-order valence-corrected chi connectivity index (χ1v) is 5.92. The molecule has 3 heteroatoms. The summed E-state index contributed by atoms with van der Waals surface area (Å²) in [6.07, 6.45) is 3.29. The van der Waals surface area contributed by atoms with Gasteiger partial charge in [0.15, 0.2) is 0 Å². The van der Waals surface area contributed by atoms with Crippen molar-refractivity contribution in [3.63, 3.8) is 0 Å². The Hall–Kier alpha value is -0.930. The highest BCUT2D eigenvalue weighted by atomic mass is 19.1. The van der Waals surface area contributed by atoms with Crippen molar-refractivity contribution in [2.24, 2.45) is 11.8 Å². The second-order valence-electron chi connectivity index (χ2n) is 4.19. The van der Waals surface area contributed by atoms with Crippen molar-refractivity contribution in [1.82, 2.24) is 5.43 Å². The van der Waals surface area contributed by atoms with Crippen LogP contribution in [0.5, 0.6) is 0 Å². The van der Waals surface area contributed by atoms with E-state index >= 15 is 0 Å². The molecule has 1 aromatic carbocycles. The zero-order valence-corrected chi connectivity index (χ0v) is 10.0. The van der Waals surface area contributed by atoms with E-state index in [9.17, 15) is 4.39 Å². The molecule has 90 valence electrons. The Labute approximate surface area is 97.0 Å². The number of hydrazine groups is 1. The average molecular weight is 224 g/mol. The van der Waals surface area contributed by atoms with Crippen LogP contribution < -0.4 is 11.3 Å². The zero-order chi connectivity index (χ0) is 12.0. The van der Waals surface area contributed by atoms with Crippen LogP contribution in [0.15, 0.2) is 24.3 Å². The van der Waals surface area contributed by atoms with E-state index in [1.54, 1.807) is 12.1 Å². The smallest absolute Gasteiger partial charge is 0.123 e. The van der Waals surface area contributed by atoms with E-state index in [0.29, 0.717) is 5.92 Å². The van der Waals surface area contributed by atoms with Gasteiger partial charge in [-0.2, -0.15) is 0 Å². The second-order valence-corrected chi connectivity index (χ2v) is 4.19. The highest BCUT2D eigenvalue weighted by Crippen LogP contribution is 2.24. The van der Waals surface area contributed by atoms with E-state index in [2.05, 4.69) is 19.3 Å². The highest BCUT2D eigenvalue weighted by molar-refractivity contribution is 5.19. The van der Waals surface area contributed by atoms with Crippen molar-refractivity contribution >= 4 is 0 Å². The Kier molecular flexibility index (Phi) is 5.43. The third-order valence-corrected chi connectivity index (χ3v) is 3.20. The van der Waals surface area contributed by atoms with E-state index < -0.39 is 0 Å². The zero-order valence-electron chi connectivity index (χ0n) is 10.0. The van der Waals surface area contributed by atoms with Crippen molar-refractivity contribution in [3.8, 4) is 0 Å². The van der Waals surface area contributed by atoms with Crippen LogP contribution in [0.25, 0.3) is 0 Å². The van der Waals surface area contributed by atoms with E-state index in [0.717, 1.165) is 24.8 Å². The van der Waals surface area contributed by atoms with Crippen molar-refractivity contribution in [3.05, 3.63) is 35.6 Å². The van der Waals surface area contributed by atoms with Gasteiger partial charge in [0, 0.05) is 6.04 Å². The third kappa shape index (κ3) is 3.58. The summed E-state index contributed by atoms with van der Waals surface area (Å²) in [5.41, 5.74) is 3.87. The molecule has 0 aromatic heterocycles. The molecule has 0 saturated heterocycles. The van der Waals surface area contributed by atoms with Crippen molar-refractivity contribution < 1.29 is 4.39 Å². The van der Waals surface area contributed by atoms with Crippen LogP contribution in [-0.2, 0) is 0 Å². The Morgan fingerprint density at radius 2 is 1.75 bits per heavy atom. The molecule has 0 aliphatic carbocycles. The summed E-state index contributed by atoms with van der Waals surface area (Å²) in [7, 11) is 0. The quantitative estimate of drug-likeness (QED) is 0.575. The lowest BCUT2D eigenvalue weighted by atomic mass is 9.91. The van der Waals surface area contributed by atoms with Crippen molar-refractivity contribution in [1.29, 1.82) is 0 Å². The largest absolute Gasteiger partial charge is 0.271 e. The van der Waals surface area contributed by atoms with Crippen LogP contribution in [-0.4, -0.2) is 0 Å². The third-order valence-electron chi connectivity index (χ3n) is 3.20. The highest BCUT2D eigenvalue weighted by Gasteiger charge is 2.14. The maximum atomic E-state index is 12.8. The summed E-state index contributed by atoms with van der Waals surface area (Å²) in [4.78, 5) is 0. The normalized spacial score (nSPS) is 13.1. The Balaban J connectivity index is 2.70. The first-order valence-electron chi connectivity index (χ1n) is 5.92. The molecule has 0 spiro atoms. The Bertz CT molecular complexity index is 293. The fourth-order valence-corrected chi connectivity index (χ4v) is 1.95. The summed E-state index contributed by atoms with van der Waals surface area (Å²) in [6.45, 7) is 4.37. The summed E-state index contributed by atoms with van der Waals surface area (Å²) in [5, 5.41) is 0. The fraction of sp³-hybridized carbons (Fsp3) is 0.538. The number of halogens is 1. The lowest BCUT2D eigenvalue weighted by Gasteiger charge is -2.21. The molecule has 1 rings (SSSR count). The van der Waals surface area contributed by atoms with E-state index in [1.807, 2.05) is 0 Å². The molecular weight excluding hydrogens is 203 g/mol. The molecule has 0 aliphatic rings. The van der Waals surface area contributed by atoms with Gasteiger partial charge in [0.2, 0.25) is 0 Å². The molecule has 16 heavy (non-hydrogen) atoms. The van der Waals surface area contributed by atoms with Crippen LogP contribution in [0, 0.1) is 11.7 Å². The molecule has 0 fully saturated rings. The number of hydrogen-bond acceptors (Lipinski definition) is 2.